The number of H-pyrrole nitrogens is 1. The Morgan fingerprint density at radius 2 is 1.39 bits per heavy atom. The summed E-state index contributed by atoms with van der Waals surface area (Å²) < 4.78 is 0. The maximum Gasteiger partial charge on any atom is 0.313 e. The van der Waals surface area contributed by atoms with Crippen molar-refractivity contribution in [2.45, 2.75) is 6.54 Å². The summed E-state index contributed by atoms with van der Waals surface area (Å²) in [6.07, 6.45) is 0. The number of fused-ring (bicyclic) bond motifs is 1. The van der Waals surface area contributed by atoms with Gasteiger partial charge in [-0.1, -0.05) is 78.9 Å². The number of rotatable bonds is 4. The third-order valence-electron chi connectivity index (χ3n) is 4.51. The number of aromatic nitrogens is 1. The lowest BCUT2D eigenvalue weighted by molar-refractivity contribution is -0.136. The van der Waals surface area contributed by atoms with Crippen LogP contribution in [0.15, 0.2) is 84.9 Å². The summed E-state index contributed by atoms with van der Waals surface area (Å²) >= 11 is 0. The van der Waals surface area contributed by atoms with Crippen molar-refractivity contribution in [3.8, 4) is 11.3 Å². The van der Waals surface area contributed by atoms with Gasteiger partial charge in [-0.15, -0.1) is 0 Å². The van der Waals surface area contributed by atoms with Gasteiger partial charge in [0.15, 0.2) is 0 Å². The van der Waals surface area contributed by atoms with Crippen molar-refractivity contribution < 1.29 is 9.59 Å². The minimum atomic E-state index is -0.696. The molecule has 0 fully saturated rings. The Kier molecular flexibility index (Phi) is 4.89. The van der Waals surface area contributed by atoms with Gasteiger partial charge >= 0.3 is 11.8 Å². The molecule has 0 aliphatic carbocycles. The third-order valence-corrected chi connectivity index (χ3v) is 4.51. The van der Waals surface area contributed by atoms with Gasteiger partial charge in [0.25, 0.3) is 0 Å². The third kappa shape index (κ3) is 3.64. The summed E-state index contributed by atoms with van der Waals surface area (Å²) in [5.74, 6) is -1.37. The van der Waals surface area contributed by atoms with E-state index in [0.717, 1.165) is 27.7 Å². The molecule has 0 bridgehead atoms. The number of anilines is 1. The van der Waals surface area contributed by atoms with E-state index in [1.54, 1.807) is 0 Å². The molecule has 1 aromatic heterocycles. The molecular weight excluding hydrogens is 350 g/mol. The van der Waals surface area contributed by atoms with Crippen LogP contribution < -0.4 is 10.6 Å². The molecule has 0 aliphatic rings. The van der Waals surface area contributed by atoms with Gasteiger partial charge in [-0.25, -0.2) is 0 Å². The van der Waals surface area contributed by atoms with Crippen molar-refractivity contribution in [2.24, 2.45) is 0 Å². The number of para-hydroxylation sites is 1. The number of aromatic amines is 1. The zero-order valence-corrected chi connectivity index (χ0v) is 15.1. The van der Waals surface area contributed by atoms with E-state index in [2.05, 4.69) is 15.6 Å². The number of carbonyl (C=O) groups excluding carboxylic acids is 2. The lowest BCUT2D eigenvalue weighted by Crippen LogP contribution is -2.35. The lowest BCUT2D eigenvalue weighted by atomic mass is 10.1. The van der Waals surface area contributed by atoms with Gasteiger partial charge in [-0.05, 0) is 11.6 Å². The first-order valence-corrected chi connectivity index (χ1v) is 9.01. The van der Waals surface area contributed by atoms with Gasteiger partial charge in [0.1, 0.15) is 0 Å². The molecule has 0 saturated heterocycles. The highest BCUT2D eigenvalue weighted by Gasteiger charge is 2.19. The van der Waals surface area contributed by atoms with Crippen LogP contribution in [0.2, 0.25) is 0 Å². The van der Waals surface area contributed by atoms with Crippen molar-refractivity contribution >= 4 is 28.4 Å². The highest BCUT2D eigenvalue weighted by atomic mass is 16.2. The molecule has 0 atom stereocenters. The molecule has 28 heavy (non-hydrogen) atoms. The zero-order valence-electron chi connectivity index (χ0n) is 15.1. The molecular formula is C23H19N3O2. The molecule has 3 aromatic carbocycles. The molecule has 4 aromatic rings. The number of carbonyl (C=O) groups is 2. The van der Waals surface area contributed by atoms with Crippen LogP contribution in [0.3, 0.4) is 0 Å². The molecule has 4 rings (SSSR count). The van der Waals surface area contributed by atoms with E-state index in [9.17, 15) is 9.59 Å². The van der Waals surface area contributed by atoms with E-state index >= 15 is 0 Å². The molecule has 0 spiro atoms. The number of amides is 2. The fraction of sp³-hybridized carbons (Fsp3) is 0.0435. The number of benzene rings is 3. The van der Waals surface area contributed by atoms with E-state index < -0.39 is 11.8 Å². The summed E-state index contributed by atoms with van der Waals surface area (Å²) in [7, 11) is 0. The summed E-state index contributed by atoms with van der Waals surface area (Å²) in [5.41, 5.74) is 4.12. The monoisotopic (exact) mass is 369 g/mol. The number of hydrogen-bond acceptors (Lipinski definition) is 2. The second kappa shape index (κ2) is 7.80. The largest absolute Gasteiger partial charge is 0.353 e. The Balaban J connectivity index is 1.58. The van der Waals surface area contributed by atoms with E-state index in [0.29, 0.717) is 12.2 Å². The number of nitrogens with one attached hydrogen (secondary N) is 3. The summed E-state index contributed by atoms with van der Waals surface area (Å²) in [6, 6.07) is 26.8. The zero-order chi connectivity index (χ0) is 19.3. The van der Waals surface area contributed by atoms with E-state index in [1.165, 1.54) is 0 Å². The SMILES string of the molecule is O=C(NCc1ccccc1)C(=O)Nc1c(-c2ccccc2)[nH]c2ccccc12. The first-order chi connectivity index (χ1) is 13.7. The van der Waals surface area contributed by atoms with E-state index in [-0.39, 0.29) is 0 Å². The van der Waals surface area contributed by atoms with Gasteiger partial charge in [0.2, 0.25) is 0 Å². The Labute approximate surface area is 162 Å². The molecule has 138 valence electrons. The van der Waals surface area contributed by atoms with E-state index in [1.807, 2.05) is 84.9 Å². The molecule has 5 heteroatoms. The summed E-state index contributed by atoms with van der Waals surface area (Å²) in [6.45, 7) is 0.298. The predicted molar refractivity (Wildman–Crippen MR) is 111 cm³/mol. The maximum atomic E-state index is 12.5. The molecule has 2 amide bonds. The van der Waals surface area contributed by atoms with E-state index in [4.69, 9.17) is 0 Å². The quantitative estimate of drug-likeness (QED) is 0.474. The standard InChI is InChI=1S/C23H19N3O2/c27-22(24-15-16-9-3-1-4-10-16)23(28)26-21-18-13-7-8-14-19(18)25-20(21)17-11-5-2-6-12-17/h1-14,25H,15H2,(H,24,27)(H,26,28). The maximum absolute atomic E-state index is 12.5. The van der Waals surface area contributed by atoms with Crippen LogP contribution in [-0.4, -0.2) is 16.8 Å². The highest BCUT2D eigenvalue weighted by Crippen LogP contribution is 2.34. The van der Waals surface area contributed by atoms with Crippen LogP contribution >= 0.6 is 0 Å². The average Bonchev–Trinajstić information content (AvgIpc) is 3.12. The minimum Gasteiger partial charge on any atom is -0.353 e. The van der Waals surface area contributed by atoms with Crippen LogP contribution in [0.5, 0.6) is 0 Å². The Morgan fingerprint density at radius 3 is 2.14 bits per heavy atom. The second-order valence-corrected chi connectivity index (χ2v) is 6.41. The first kappa shape index (κ1) is 17.5. The average molecular weight is 369 g/mol. The Bertz CT molecular complexity index is 1120. The Hall–Kier alpha value is -3.86. The molecule has 1 heterocycles. The van der Waals surface area contributed by atoms with Gasteiger partial charge in [0, 0.05) is 23.0 Å². The second-order valence-electron chi connectivity index (χ2n) is 6.41. The van der Waals surface area contributed by atoms with Crippen LogP contribution in [0, 0.1) is 0 Å². The van der Waals surface area contributed by atoms with Gasteiger partial charge in [-0.2, -0.15) is 0 Å². The van der Waals surface area contributed by atoms with Crippen molar-refractivity contribution in [2.75, 3.05) is 5.32 Å². The normalized spacial score (nSPS) is 10.6. The van der Waals surface area contributed by atoms with Crippen molar-refractivity contribution in [3.63, 3.8) is 0 Å². The molecule has 5 nitrogen and oxygen atoms in total. The molecule has 0 unspecified atom stereocenters. The van der Waals surface area contributed by atoms with Gasteiger partial charge < -0.3 is 15.6 Å². The molecule has 0 radical (unpaired) electrons. The number of hydrogen-bond donors (Lipinski definition) is 3. The minimum absolute atomic E-state index is 0.298. The summed E-state index contributed by atoms with van der Waals surface area (Å²) in [5, 5.41) is 6.30. The van der Waals surface area contributed by atoms with Crippen molar-refractivity contribution in [3.05, 3.63) is 90.5 Å². The Morgan fingerprint density at radius 1 is 0.750 bits per heavy atom. The van der Waals surface area contributed by atoms with Crippen LogP contribution in [0.1, 0.15) is 5.56 Å². The molecule has 3 N–H and O–H groups in total. The molecule has 0 saturated carbocycles. The molecule has 0 aliphatic heterocycles. The van der Waals surface area contributed by atoms with Crippen LogP contribution in [-0.2, 0) is 16.1 Å². The van der Waals surface area contributed by atoms with Crippen molar-refractivity contribution in [1.29, 1.82) is 0 Å². The van der Waals surface area contributed by atoms with Crippen LogP contribution in [0.25, 0.3) is 22.2 Å². The predicted octanol–water partition coefficient (Wildman–Crippen LogP) is 4.09. The first-order valence-electron chi connectivity index (χ1n) is 9.01. The van der Waals surface area contributed by atoms with Gasteiger partial charge in [-0.3, -0.25) is 9.59 Å². The highest BCUT2D eigenvalue weighted by molar-refractivity contribution is 6.40. The summed E-state index contributed by atoms with van der Waals surface area (Å²) in [4.78, 5) is 28.2. The lowest BCUT2D eigenvalue weighted by Gasteiger charge is -2.08. The van der Waals surface area contributed by atoms with Gasteiger partial charge in [0.05, 0.1) is 11.4 Å². The van der Waals surface area contributed by atoms with Crippen molar-refractivity contribution in [1.82, 2.24) is 10.3 Å². The smallest absolute Gasteiger partial charge is 0.313 e. The fourth-order valence-electron chi connectivity index (χ4n) is 3.12. The topological polar surface area (TPSA) is 74.0 Å². The van der Waals surface area contributed by atoms with Crippen LogP contribution in [0.4, 0.5) is 5.69 Å². The fourth-order valence-corrected chi connectivity index (χ4v) is 3.12.